The fourth-order valence-corrected chi connectivity index (χ4v) is 3.91. The third-order valence-electron chi connectivity index (χ3n) is 6.08. The zero-order valence-electron chi connectivity index (χ0n) is 21.5. The lowest BCUT2D eigenvalue weighted by atomic mass is 9.99. The molecule has 0 aliphatic heterocycles. The minimum atomic E-state index is -1.16. The zero-order chi connectivity index (χ0) is 27.1. The number of amides is 1. The summed E-state index contributed by atoms with van der Waals surface area (Å²) in [5.41, 5.74) is 0.786. The van der Waals surface area contributed by atoms with Gasteiger partial charge in [0.05, 0.1) is 0 Å². The van der Waals surface area contributed by atoms with E-state index in [1.807, 2.05) is 18.2 Å². The van der Waals surface area contributed by atoms with Gasteiger partial charge in [-0.2, -0.15) is 0 Å². The highest BCUT2D eigenvalue weighted by Crippen LogP contribution is 2.27. The second kappa shape index (κ2) is 12.3. The number of nitrogens with one attached hydrogen (secondary N) is 1. The van der Waals surface area contributed by atoms with Crippen molar-refractivity contribution in [1.82, 2.24) is 5.32 Å². The molecule has 3 N–H and O–H groups in total. The molecule has 1 amide bonds. The van der Waals surface area contributed by atoms with Gasteiger partial charge in [-0.25, -0.2) is 9.59 Å². The van der Waals surface area contributed by atoms with Gasteiger partial charge >= 0.3 is 11.7 Å². The Morgan fingerprint density at radius 1 is 1.08 bits per heavy atom. The van der Waals surface area contributed by atoms with E-state index in [4.69, 9.17) is 13.9 Å². The van der Waals surface area contributed by atoms with Gasteiger partial charge in [-0.05, 0) is 62.3 Å². The van der Waals surface area contributed by atoms with Gasteiger partial charge in [-0.1, -0.05) is 39.0 Å². The number of carbonyl (C=O) groups excluding carboxylic acids is 1. The quantitative estimate of drug-likeness (QED) is 0.196. The third-order valence-corrected chi connectivity index (χ3v) is 6.08. The fraction of sp³-hybridized carbons (Fsp3) is 0.345. The molecule has 0 aliphatic rings. The van der Waals surface area contributed by atoms with Crippen LogP contribution in [0, 0.1) is 5.92 Å². The number of carboxylic acid groups (broad SMARTS) is 1. The summed E-state index contributed by atoms with van der Waals surface area (Å²) in [7, 11) is 0. The van der Waals surface area contributed by atoms with Gasteiger partial charge in [0.15, 0.2) is 5.78 Å². The van der Waals surface area contributed by atoms with Crippen molar-refractivity contribution in [3.8, 4) is 5.75 Å². The third kappa shape index (κ3) is 7.46. The van der Waals surface area contributed by atoms with E-state index in [2.05, 4.69) is 25.2 Å². The maximum absolute atomic E-state index is 13.0. The molecular formula is C29H33NO7. The smallest absolute Gasteiger partial charge is 0.408 e. The average Bonchev–Trinajstić information content (AvgIpc) is 3.22. The van der Waals surface area contributed by atoms with Crippen molar-refractivity contribution >= 4 is 28.9 Å². The topological polar surface area (TPSA) is 130 Å². The van der Waals surface area contributed by atoms with Crippen LogP contribution in [-0.4, -0.2) is 22.1 Å². The summed E-state index contributed by atoms with van der Waals surface area (Å²) in [6.07, 6.45) is 6.44. The molecule has 8 nitrogen and oxygen atoms in total. The fourth-order valence-electron chi connectivity index (χ4n) is 3.91. The lowest BCUT2D eigenvalue weighted by molar-refractivity contribution is 0.102. The molecule has 8 heteroatoms. The second-order valence-corrected chi connectivity index (χ2v) is 9.64. The number of hydrogen-bond donors (Lipinski definition) is 3. The van der Waals surface area contributed by atoms with E-state index < -0.39 is 28.8 Å². The lowest BCUT2D eigenvalue weighted by Gasteiger charge is -2.11. The number of Topliss-reactive ketones (excluding diaryl/α,β-unsaturated/α-hetero) is 1. The van der Waals surface area contributed by atoms with Crippen LogP contribution < -0.4 is 10.9 Å². The first-order chi connectivity index (χ1) is 17.5. The molecule has 0 spiro atoms. The zero-order valence-corrected chi connectivity index (χ0v) is 21.5. The molecule has 1 unspecified atom stereocenters. The maximum Gasteiger partial charge on any atom is 0.408 e. The average molecular weight is 508 g/mol. The van der Waals surface area contributed by atoms with Crippen molar-refractivity contribution in [3.05, 3.63) is 81.2 Å². The number of benzene rings is 1. The Morgan fingerprint density at radius 3 is 2.51 bits per heavy atom. The normalized spacial score (nSPS) is 12.9. The van der Waals surface area contributed by atoms with E-state index in [1.54, 1.807) is 26.0 Å². The highest BCUT2D eigenvalue weighted by molar-refractivity contribution is 6.12. The van der Waals surface area contributed by atoms with Crippen molar-refractivity contribution in [2.24, 2.45) is 5.92 Å². The van der Waals surface area contributed by atoms with E-state index in [9.17, 15) is 19.5 Å². The number of aryl methyl sites for hydroxylation is 1. The van der Waals surface area contributed by atoms with Crippen molar-refractivity contribution in [3.63, 3.8) is 0 Å². The SMILES string of the molecule is C/C(=C\c1cc2ccc(CCC(C)C)cc2o1)C(=O)c1c(O)cc(C(C)CC/C=C/NC(=O)O)oc1=O. The van der Waals surface area contributed by atoms with Crippen LogP contribution in [0.15, 0.2) is 61.8 Å². The van der Waals surface area contributed by atoms with Crippen molar-refractivity contribution in [2.75, 3.05) is 0 Å². The van der Waals surface area contributed by atoms with Crippen LogP contribution in [0.1, 0.15) is 80.3 Å². The number of carbonyl (C=O) groups is 2. The summed E-state index contributed by atoms with van der Waals surface area (Å²) in [5.74, 6) is -0.0115. The Bertz CT molecular complexity index is 1390. The van der Waals surface area contributed by atoms with E-state index in [1.165, 1.54) is 17.8 Å². The van der Waals surface area contributed by atoms with Crippen molar-refractivity contribution in [2.45, 2.75) is 59.3 Å². The number of aromatic hydroxyl groups is 1. The number of hydrogen-bond acceptors (Lipinski definition) is 6. The van der Waals surface area contributed by atoms with Gasteiger partial charge in [0.25, 0.3) is 0 Å². The summed E-state index contributed by atoms with van der Waals surface area (Å²) >= 11 is 0. The van der Waals surface area contributed by atoms with E-state index in [0.717, 1.165) is 23.8 Å². The summed E-state index contributed by atoms with van der Waals surface area (Å²) in [4.78, 5) is 36.1. The van der Waals surface area contributed by atoms with E-state index in [-0.39, 0.29) is 17.3 Å². The molecule has 196 valence electrons. The molecule has 0 radical (unpaired) electrons. The van der Waals surface area contributed by atoms with Gasteiger partial charge in [0.2, 0.25) is 0 Å². The summed E-state index contributed by atoms with van der Waals surface area (Å²) in [6.45, 7) is 7.72. The van der Waals surface area contributed by atoms with E-state index >= 15 is 0 Å². The minimum absolute atomic E-state index is 0.221. The molecule has 0 saturated heterocycles. The number of rotatable bonds is 11. The van der Waals surface area contributed by atoms with Gasteiger partial charge < -0.3 is 19.0 Å². The molecular weight excluding hydrogens is 474 g/mol. The maximum atomic E-state index is 13.0. The Morgan fingerprint density at radius 2 is 1.84 bits per heavy atom. The standard InChI is InChI=1S/C29H33NO7/c1-17(2)8-9-20-10-11-21-15-22(36-25(21)14-20)13-19(4)27(32)26-23(31)16-24(37-28(26)33)18(3)7-5-6-12-30-29(34)35/h6,10-18,30-31H,5,7-9H2,1-4H3,(H,34,35)/b12-6+,19-13+. The molecule has 37 heavy (non-hydrogen) atoms. The highest BCUT2D eigenvalue weighted by atomic mass is 16.4. The van der Waals surface area contributed by atoms with Crippen LogP contribution in [0.4, 0.5) is 4.79 Å². The number of fused-ring (bicyclic) bond motifs is 1. The van der Waals surface area contributed by atoms with Gasteiger partial charge in [-0.15, -0.1) is 0 Å². The molecule has 1 atom stereocenters. The minimum Gasteiger partial charge on any atom is -0.507 e. The molecule has 0 fully saturated rings. The van der Waals surface area contributed by atoms with Gasteiger partial charge in [-0.3, -0.25) is 10.1 Å². The Hall–Kier alpha value is -4.07. The van der Waals surface area contributed by atoms with Crippen LogP contribution in [0.3, 0.4) is 0 Å². The predicted octanol–water partition coefficient (Wildman–Crippen LogP) is 6.63. The number of allylic oxidation sites excluding steroid dienone is 2. The molecule has 2 aromatic heterocycles. The van der Waals surface area contributed by atoms with Gasteiger partial charge in [0, 0.05) is 29.1 Å². The Kier molecular flexibility index (Phi) is 9.11. The molecule has 3 rings (SSSR count). The molecule has 0 saturated carbocycles. The first kappa shape index (κ1) is 27.5. The predicted molar refractivity (Wildman–Crippen MR) is 142 cm³/mol. The lowest BCUT2D eigenvalue weighted by Crippen LogP contribution is -2.16. The van der Waals surface area contributed by atoms with Crippen LogP contribution in [0.2, 0.25) is 0 Å². The van der Waals surface area contributed by atoms with E-state index in [0.29, 0.717) is 24.5 Å². The van der Waals surface area contributed by atoms with Crippen LogP contribution >= 0.6 is 0 Å². The first-order valence-corrected chi connectivity index (χ1v) is 12.3. The monoisotopic (exact) mass is 507 g/mol. The largest absolute Gasteiger partial charge is 0.507 e. The Balaban J connectivity index is 1.75. The molecule has 0 bridgehead atoms. The van der Waals surface area contributed by atoms with Gasteiger partial charge in [0.1, 0.15) is 28.4 Å². The molecule has 3 aromatic rings. The molecule has 2 heterocycles. The number of furan rings is 1. The van der Waals surface area contributed by atoms with Crippen LogP contribution in [0.5, 0.6) is 5.75 Å². The molecule has 1 aromatic carbocycles. The highest BCUT2D eigenvalue weighted by Gasteiger charge is 2.22. The van der Waals surface area contributed by atoms with Crippen LogP contribution in [0.25, 0.3) is 17.0 Å². The van der Waals surface area contributed by atoms with Crippen molar-refractivity contribution < 1.29 is 28.6 Å². The Labute approximate surface area is 215 Å². The number of ketones is 1. The summed E-state index contributed by atoms with van der Waals surface area (Å²) in [5, 5.41) is 22.1. The summed E-state index contributed by atoms with van der Waals surface area (Å²) in [6, 6.07) is 9.17. The summed E-state index contributed by atoms with van der Waals surface area (Å²) < 4.78 is 11.3. The second-order valence-electron chi connectivity index (χ2n) is 9.64. The van der Waals surface area contributed by atoms with Crippen LogP contribution in [-0.2, 0) is 6.42 Å². The van der Waals surface area contributed by atoms with Crippen molar-refractivity contribution in [1.29, 1.82) is 0 Å². The molecule has 0 aliphatic carbocycles. The first-order valence-electron chi connectivity index (χ1n) is 12.3.